The summed E-state index contributed by atoms with van der Waals surface area (Å²) in [6.45, 7) is 1.54. The molecule has 4 heteroatoms. The molecule has 1 rings (SSSR count). The van der Waals surface area contributed by atoms with Crippen molar-refractivity contribution in [3.8, 4) is 11.5 Å². The fourth-order valence-electron chi connectivity index (χ4n) is 2.86. The second-order valence-electron chi connectivity index (χ2n) is 6.03. The van der Waals surface area contributed by atoms with Gasteiger partial charge < -0.3 is 20.9 Å². The molecule has 0 heterocycles. The number of ether oxygens (including phenoxy) is 2. The lowest BCUT2D eigenvalue weighted by Crippen LogP contribution is -2.02. The van der Waals surface area contributed by atoms with Crippen molar-refractivity contribution in [3.05, 3.63) is 23.3 Å². The third-order valence-electron chi connectivity index (χ3n) is 4.23. The van der Waals surface area contributed by atoms with Gasteiger partial charge in [-0.3, -0.25) is 0 Å². The summed E-state index contributed by atoms with van der Waals surface area (Å²) in [7, 11) is 3.49. The molecule has 23 heavy (non-hydrogen) atoms. The Morgan fingerprint density at radius 3 is 1.52 bits per heavy atom. The molecule has 0 unspecified atom stereocenters. The molecule has 132 valence electrons. The average molecular weight is 322 g/mol. The molecule has 0 atom stereocenters. The Labute approximate surface area is 141 Å². The number of benzene rings is 1. The molecule has 0 aliphatic carbocycles. The molecule has 0 amide bonds. The van der Waals surface area contributed by atoms with Gasteiger partial charge in [0.2, 0.25) is 0 Å². The number of hydrogen-bond donors (Lipinski definition) is 2. The van der Waals surface area contributed by atoms with Gasteiger partial charge in [0.1, 0.15) is 11.5 Å². The highest BCUT2D eigenvalue weighted by Crippen LogP contribution is 2.31. The van der Waals surface area contributed by atoms with Gasteiger partial charge in [-0.2, -0.15) is 0 Å². The SMILES string of the molecule is COc1cc(CCCCCCCN)c(OC)cc1CCCCN. The summed E-state index contributed by atoms with van der Waals surface area (Å²) in [5.74, 6) is 1.96. The average Bonchev–Trinajstić information content (AvgIpc) is 2.58. The van der Waals surface area contributed by atoms with Crippen molar-refractivity contribution >= 4 is 0 Å². The van der Waals surface area contributed by atoms with Crippen LogP contribution in [0.3, 0.4) is 0 Å². The molecule has 0 fully saturated rings. The van der Waals surface area contributed by atoms with E-state index in [4.69, 9.17) is 20.9 Å². The topological polar surface area (TPSA) is 70.5 Å². The van der Waals surface area contributed by atoms with Crippen LogP contribution in [0.2, 0.25) is 0 Å². The van der Waals surface area contributed by atoms with Crippen LogP contribution in [-0.2, 0) is 12.8 Å². The van der Waals surface area contributed by atoms with Crippen LogP contribution in [0.15, 0.2) is 12.1 Å². The number of methoxy groups -OCH3 is 2. The summed E-state index contributed by atoms with van der Waals surface area (Å²) in [5, 5.41) is 0. The van der Waals surface area contributed by atoms with E-state index in [1.165, 1.54) is 36.8 Å². The van der Waals surface area contributed by atoms with Crippen molar-refractivity contribution in [1.82, 2.24) is 0 Å². The largest absolute Gasteiger partial charge is 0.496 e. The molecule has 4 nitrogen and oxygen atoms in total. The van der Waals surface area contributed by atoms with E-state index in [2.05, 4.69) is 12.1 Å². The lowest BCUT2D eigenvalue weighted by Gasteiger charge is -2.15. The van der Waals surface area contributed by atoms with Crippen molar-refractivity contribution < 1.29 is 9.47 Å². The first-order valence-electron chi connectivity index (χ1n) is 8.90. The van der Waals surface area contributed by atoms with Gasteiger partial charge in [-0.1, -0.05) is 19.3 Å². The van der Waals surface area contributed by atoms with Crippen molar-refractivity contribution in [3.63, 3.8) is 0 Å². The van der Waals surface area contributed by atoms with E-state index < -0.39 is 0 Å². The second kappa shape index (κ2) is 12.2. The van der Waals surface area contributed by atoms with E-state index >= 15 is 0 Å². The molecule has 0 aliphatic rings. The molecular weight excluding hydrogens is 288 g/mol. The Morgan fingerprint density at radius 2 is 1.04 bits per heavy atom. The molecule has 0 bridgehead atoms. The van der Waals surface area contributed by atoms with Crippen LogP contribution < -0.4 is 20.9 Å². The van der Waals surface area contributed by atoms with Crippen LogP contribution in [-0.4, -0.2) is 27.3 Å². The van der Waals surface area contributed by atoms with Crippen LogP contribution in [0, 0.1) is 0 Å². The van der Waals surface area contributed by atoms with E-state index in [9.17, 15) is 0 Å². The first-order chi connectivity index (χ1) is 11.3. The van der Waals surface area contributed by atoms with Gasteiger partial charge in [0.15, 0.2) is 0 Å². The molecule has 0 aromatic heterocycles. The van der Waals surface area contributed by atoms with E-state index in [0.29, 0.717) is 0 Å². The number of nitrogens with two attached hydrogens (primary N) is 2. The van der Waals surface area contributed by atoms with E-state index in [-0.39, 0.29) is 0 Å². The molecule has 4 N–H and O–H groups in total. The summed E-state index contributed by atoms with van der Waals surface area (Å²) in [4.78, 5) is 0. The van der Waals surface area contributed by atoms with Gasteiger partial charge >= 0.3 is 0 Å². The first-order valence-corrected chi connectivity index (χ1v) is 8.90. The van der Waals surface area contributed by atoms with Crippen LogP contribution in [0.5, 0.6) is 11.5 Å². The molecular formula is C19H34N2O2. The third kappa shape index (κ3) is 7.23. The molecule has 1 aromatic carbocycles. The summed E-state index contributed by atoms with van der Waals surface area (Å²) in [6, 6.07) is 4.29. The van der Waals surface area contributed by atoms with Crippen LogP contribution in [0.1, 0.15) is 56.1 Å². The van der Waals surface area contributed by atoms with Gasteiger partial charge in [0, 0.05) is 0 Å². The Hall–Kier alpha value is -1.26. The second-order valence-corrected chi connectivity index (χ2v) is 6.03. The van der Waals surface area contributed by atoms with Crippen LogP contribution >= 0.6 is 0 Å². The molecule has 0 saturated heterocycles. The highest BCUT2D eigenvalue weighted by Gasteiger charge is 2.11. The van der Waals surface area contributed by atoms with Gasteiger partial charge in [-0.25, -0.2) is 0 Å². The summed E-state index contributed by atoms with van der Waals surface area (Å²) >= 11 is 0. The monoisotopic (exact) mass is 322 g/mol. The van der Waals surface area contributed by atoms with Gasteiger partial charge in [0.25, 0.3) is 0 Å². The first kappa shape index (κ1) is 19.8. The van der Waals surface area contributed by atoms with E-state index in [1.807, 2.05) is 0 Å². The minimum atomic E-state index is 0.738. The van der Waals surface area contributed by atoms with E-state index in [1.54, 1.807) is 14.2 Å². The highest BCUT2D eigenvalue weighted by molar-refractivity contribution is 5.46. The summed E-state index contributed by atoms with van der Waals surface area (Å²) in [5.41, 5.74) is 13.6. The van der Waals surface area contributed by atoms with Crippen LogP contribution in [0.4, 0.5) is 0 Å². The number of unbranched alkanes of at least 4 members (excludes halogenated alkanes) is 5. The van der Waals surface area contributed by atoms with Crippen LogP contribution in [0.25, 0.3) is 0 Å². The molecule has 0 spiro atoms. The maximum absolute atomic E-state index is 5.59. The number of rotatable bonds is 13. The number of hydrogen-bond acceptors (Lipinski definition) is 4. The predicted molar refractivity (Wildman–Crippen MR) is 97.4 cm³/mol. The molecule has 1 aromatic rings. The normalized spacial score (nSPS) is 10.8. The zero-order valence-electron chi connectivity index (χ0n) is 14.9. The lowest BCUT2D eigenvalue weighted by molar-refractivity contribution is 0.393. The third-order valence-corrected chi connectivity index (χ3v) is 4.23. The standard InChI is InChI=1S/C19H34N2O2/c1-22-18-15-17(11-7-9-13-21)19(23-2)14-16(18)10-6-4-3-5-8-12-20/h14-15H,3-13,20-21H2,1-2H3. The maximum atomic E-state index is 5.59. The Morgan fingerprint density at radius 1 is 0.652 bits per heavy atom. The molecule has 0 aliphatic heterocycles. The van der Waals surface area contributed by atoms with Gasteiger partial charge in [-0.05, 0) is 74.9 Å². The smallest absolute Gasteiger partial charge is 0.122 e. The van der Waals surface area contributed by atoms with Crippen molar-refractivity contribution in [1.29, 1.82) is 0 Å². The van der Waals surface area contributed by atoms with Crippen molar-refractivity contribution in [2.75, 3.05) is 27.3 Å². The Balaban J connectivity index is 2.63. The fraction of sp³-hybridized carbons (Fsp3) is 0.684. The lowest BCUT2D eigenvalue weighted by atomic mass is 9.99. The summed E-state index contributed by atoms with van der Waals surface area (Å²) < 4.78 is 11.2. The van der Waals surface area contributed by atoms with Crippen molar-refractivity contribution in [2.45, 2.75) is 57.8 Å². The van der Waals surface area contributed by atoms with Gasteiger partial charge in [-0.15, -0.1) is 0 Å². The zero-order chi connectivity index (χ0) is 16.9. The molecule has 0 saturated carbocycles. The van der Waals surface area contributed by atoms with Gasteiger partial charge in [0.05, 0.1) is 14.2 Å². The summed E-state index contributed by atoms with van der Waals surface area (Å²) in [6.07, 6.45) is 10.2. The molecule has 0 radical (unpaired) electrons. The minimum Gasteiger partial charge on any atom is -0.496 e. The van der Waals surface area contributed by atoms with E-state index in [0.717, 1.165) is 56.7 Å². The minimum absolute atomic E-state index is 0.738. The maximum Gasteiger partial charge on any atom is 0.122 e. The number of aryl methyl sites for hydroxylation is 2. The highest BCUT2D eigenvalue weighted by atomic mass is 16.5. The fourth-order valence-corrected chi connectivity index (χ4v) is 2.86. The zero-order valence-corrected chi connectivity index (χ0v) is 14.9. The van der Waals surface area contributed by atoms with Crippen molar-refractivity contribution in [2.24, 2.45) is 11.5 Å². The Bertz CT molecular complexity index is 436. The quantitative estimate of drug-likeness (QED) is 0.546. The predicted octanol–water partition coefficient (Wildman–Crippen LogP) is 3.44. The Kier molecular flexibility index (Phi) is 10.5.